The number of nitrogens with zero attached hydrogens (tertiary/aromatic N) is 1. The molecule has 0 aromatic heterocycles. The van der Waals surface area contributed by atoms with E-state index in [1.165, 1.54) is 32.2 Å². The molecule has 2 aliphatic heterocycles. The Hall–Kier alpha value is -0.610. The second kappa shape index (κ2) is 7.10. The summed E-state index contributed by atoms with van der Waals surface area (Å²) in [6.07, 6.45) is 5.58. The number of nitrogens with one attached hydrogen (secondary N) is 1. The summed E-state index contributed by atoms with van der Waals surface area (Å²) in [7, 11) is 1.72. The number of piperidine rings is 1. The largest absolute Gasteiger partial charge is 0.381 e. The van der Waals surface area contributed by atoms with Gasteiger partial charge in [-0.15, -0.1) is 0 Å². The van der Waals surface area contributed by atoms with Crippen molar-refractivity contribution in [1.29, 1.82) is 0 Å². The molecule has 0 unspecified atom stereocenters. The van der Waals surface area contributed by atoms with Crippen molar-refractivity contribution in [2.75, 3.05) is 39.9 Å². The molecule has 0 radical (unpaired) electrons. The van der Waals surface area contributed by atoms with Gasteiger partial charge < -0.3 is 15.0 Å². The first-order valence-corrected chi connectivity index (χ1v) is 7.28. The molecule has 104 valence electrons. The quantitative estimate of drug-likeness (QED) is 0.803. The highest BCUT2D eigenvalue weighted by molar-refractivity contribution is 5.75. The lowest BCUT2D eigenvalue weighted by atomic mass is 9.93. The van der Waals surface area contributed by atoms with Gasteiger partial charge in [0, 0.05) is 26.7 Å². The molecule has 0 aromatic carbocycles. The molecule has 2 rings (SSSR count). The summed E-state index contributed by atoms with van der Waals surface area (Å²) in [5, 5.41) is 2.72. The lowest BCUT2D eigenvalue weighted by Gasteiger charge is -2.32. The average molecular weight is 254 g/mol. The predicted molar refractivity (Wildman–Crippen MR) is 71.4 cm³/mol. The van der Waals surface area contributed by atoms with Gasteiger partial charge in [0.25, 0.3) is 0 Å². The number of amides is 1. The maximum atomic E-state index is 11.3. The van der Waals surface area contributed by atoms with Gasteiger partial charge in [0.1, 0.15) is 0 Å². The van der Waals surface area contributed by atoms with Gasteiger partial charge >= 0.3 is 0 Å². The molecule has 2 heterocycles. The van der Waals surface area contributed by atoms with Crippen molar-refractivity contribution in [2.45, 2.75) is 32.1 Å². The normalized spacial score (nSPS) is 26.4. The molecular weight excluding hydrogens is 228 g/mol. The predicted octanol–water partition coefficient (Wildman–Crippen LogP) is 1.26. The smallest absolute Gasteiger partial charge is 0.220 e. The molecule has 0 aromatic rings. The second-order valence-electron chi connectivity index (χ2n) is 5.68. The van der Waals surface area contributed by atoms with Gasteiger partial charge in [0.2, 0.25) is 5.91 Å². The molecule has 2 fully saturated rings. The van der Waals surface area contributed by atoms with E-state index < -0.39 is 0 Å². The molecule has 4 nitrogen and oxygen atoms in total. The Bertz CT molecular complexity index is 257. The Balaban J connectivity index is 1.59. The minimum atomic E-state index is 0.191. The summed E-state index contributed by atoms with van der Waals surface area (Å²) >= 11 is 0. The average Bonchev–Trinajstić information content (AvgIpc) is 2.91. The zero-order valence-electron chi connectivity index (χ0n) is 11.5. The summed E-state index contributed by atoms with van der Waals surface area (Å²) < 4.78 is 5.41. The van der Waals surface area contributed by atoms with Crippen molar-refractivity contribution >= 4 is 5.91 Å². The molecule has 1 atom stereocenters. The van der Waals surface area contributed by atoms with Crippen LogP contribution < -0.4 is 5.32 Å². The molecule has 2 saturated heterocycles. The van der Waals surface area contributed by atoms with Gasteiger partial charge in [-0.25, -0.2) is 0 Å². The SMILES string of the molecule is CNC(=O)CC1CCN(CC[C@@H]2CCOC2)CC1. The summed E-state index contributed by atoms with van der Waals surface area (Å²) in [6.45, 7) is 5.46. The maximum Gasteiger partial charge on any atom is 0.220 e. The number of carbonyl (C=O) groups excluding carboxylic acids is 1. The van der Waals surface area contributed by atoms with Gasteiger partial charge in [0.15, 0.2) is 0 Å². The van der Waals surface area contributed by atoms with Crippen molar-refractivity contribution in [3.8, 4) is 0 Å². The zero-order chi connectivity index (χ0) is 12.8. The van der Waals surface area contributed by atoms with E-state index in [1.54, 1.807) is 7.05 Å². The third-order valence-electron chi connectivity index (χ3n) is 4.34. The van der Waals surface area contributed by atoms with Crippen molar-refractivity contribution in [3.05, 3.63) is 0 Å². The lowest BCUT2D eigenvalue weighted by molar-refractivity contribution is -0.121. The van der Waals surface area contributed by atoms with E-state index in [2.05, 4.69) is 10.2 Å². The monoisotopic (exact) mass is 254 g/mol. The van der Waals surface area contributed by atoms with E-state index in [0.29, 0.717) is 12.3 Å². The highest BCUT2D eigenvalue weighted by atomic mass is 16.5. The summed E-state index contributed by atoms with van der Waals surface area (Å²) in [4.78, 5) is 13.9. The molecule has 1 N–H and O–H groups in total. The van der Waals surface area contributed by atoms with Crippen LogP contribution in [0.4, 0.5) is 0 Å². The van der Waals surface area contributed by atoms with Crippen molar-refractivity contribution < 1.29 is 9.53 Å². The first-order valence-electron chi connectivity index (χ1n) is 7.28. The number of hydrogen-bond acceptors (Lipinski definition) is 3. The van der Waals surface area contributed by atoms with Gasteiger partial charge in [0.05, 0.1) is 0 Å². The van der Waals surface area contributed by atoms with Crippen LogP contribution in [0.15, 0.2) is 0 Å². The van der Waals surface area contributed by atoms with Crippen LogP contribution in [0.3, 0.4) is 0 Å². The van der Waals surface area contributed by atoms with Crippen LogP contribution in [0.5, 0.6) is 0 Å². The van der Waals surface area contributed by atoms with Crippen LogP contribution in [0.25, 0.3) is 0 Å². The fourth-order valence-corrected chi connectivity index (χ4v) is 2.95. The van der Waals surface area contributed by atoms with E-state index in [9.17, 15) is 4.79 Å². The third kappa shape index (κ3) is 4.25. The molecule has 18 heavy (non-hydrogen) atoms. The standard InChI is InChI=1S/C14H26N2O2/c1-15-14(17)10-12-2-6-16(7-3-12)8-4-13-5-9-18-11-13/h12-13H,2-11H2,1H3,(H,15,17)/t13-/m1/s1. The van der Waals surface area contributed by atoms with Crippen LogP contribution in [0.2, 0.25) is 0 Å². The van der Waals surface area contributed by atoms with E-state index in [0.717, 1.165) is 32.2 Å². The second-order valence-corrected chi connectivity index (χ2v) is 5.68. The molecule has 2 aliphatic rings. The molecule has 0 saturated carbocycles. The highest BCUT2D eigenvalue weighted by Gasteiger charge is 2.22. The van der Waals surface area contributed by atoms with Gasteiger partial charge in [-0.3, -0.25) is 4.79 Å². The Labute approximate surface area is 110 Å². The molecule has 0 bridgehead atoms. The van der Waals surface area contributed by atoms with Crippen molar-refractivity contribution in [3.63, 3.8) is 0 Å². The minimum absolute atomic E-state index is 0.191. The number of carbonyl (C=O) groups is 1. The van der Waals surface area contributed by atoms with E-state index >= 15 is 0 Å². The van der Waals surface area contributed by atoms with Crippen LogP contribution in [-0.4, -0.2) is 50.7 Å². The van der Waals surface area contributed by atoms with Gasteiger partial charge in [-0.2, -0.15) is 0 Å². The first kappa shape index (κ1) is 13.8. The Morgan fingerprint density at radius 3 is 2.67 bits per heavy atom. The van der Waals surface area contributed by atoms with Crippen LogP contribution >= 0.6 is 0 Å². The van der Waals surface area contributed by atoms with Gasteiger partial charge in [-0.1, -0.05) is 0 Å². The molecule has 0 aliphatic carbocycles. The van der Waals surface area contributed by atoms with Crippen molar-refractivity contribution in [2.24, 2.45) is 11.8 Å². The van der Waals surface area contributed by atoms with Crippen LogP contribution in [0.1, 0.15) is 32.1 Å². The topological polar surface area (TPSA) is 41.6 Å². The maximum absolute atomic E-state index is 11.3. The number of rotatable bonds is 5. The number of likely N-dealkylation sites (tertiary alicyclic amines) is 1. The Morgan fingerprint density at radius 1 is 1.28 bits per heavy atom. The Morgan fingerprint density at radius 2 is 2.06 bits per heavy atom. The van der Waals surface area contributed by atoms with E-state index in [4.69, 9.17) is 4.74 Å². The zero-order valence-corrected chi connectivity index (χ0v) is 11.5. The highest BCUT2D eigenvalue weighted by Crippen LogP contribution is 2.22. The Kier molecular flexibility index (Phi) is 5.45. The summed E-state index contributed by atoms with van der Waals surface area (Å²) in [5.41, 5.74) is 0. The van der Waals surface area contributed by atoms with Gasteiger partial charge in [-0.05, 0) is 57.2 Å². The molecule has 1 amide bonds. The fraction of sp³-hybridized carbons (Fsp3) is 0.929. The minimum Gasteiger partial charge on any atom is -0.381 e. The first-order chi connectivity index (χ1) is 8.78. The van der Waals surface area contributed by atoms with E-state index in [-0.39, 0.29) is 5.91 Å². The lowest BCUT2D eigenvalue weighted by Crippen LogP contribution is -2.36. The molecule has 4 heteroatoms. The summed E-state index contributed by atoms with van der Waals surface area (Å²) in [5.74, 6) is 1.57. The summed E-state index contributed by atoms with van der Waals surface area (Å²) in [6, 6.07) is 0. The number of hydrogen-bond donors (Lipinski definition) is 1. The third-order valence-corrected chi connectivity index (χ3v) is 4.34. The van der Waals surface area contributed by atoms with Crippen LogP contribution in [-0.2, 0) is 9.53 Å². The number of ether oxygens (including phenoxy) is 1. The van der Waals surface area contributed by atoms with Crippen LogP contribution in [0, 0.1) is 11.8 Å². The fourth-order valence-electron chi connectivity index (χ4n) is 2.95. The van der Waals surface area contributed by atoms with Crippen molar-refractivity contribution in [1.82, 2.24) is 10.2 Å². The molecule has 0 spiro atoms. The molecular formula is C14H26N2O2. The van der Waals surface area contributed by atoms with E-state index in [1.807, 2.05) is 0 Å².